The Bertz CT molecular complexity index is 574. The standard InChI is InChI=1S/C13H14N4OS/c1-9-2-3-11(10(14)6-9)17-12(18)7-19-13-4-5-15-8-16-13/h2-6,8H,7,14H2,1H3,(H,17,18). The molecule has 0 aliphatic heterocycles. The molecule has 19 heavy (non-hydrogen) atoms. The molecule has 0 bridgehead atoms. The molecule has 1 aromatic carbocycles. The molecule has 1 heterocycles. The lowest BCUT2D eigenvalue weighted by molar-refractivity contribution is -0.113. The summed E-state index contributed by atoms with van der Waals surface area (Å²) < 4.78 is 0. The molecule has 98 valence electrons. The zero-order valence-corrected chi connectivity index (χ0v) is 11.3. The summed E-state index contributed by atoms with van der Waals surface area (Å²) in [5.74, 6) is 0.170. The van der Waals surface area contributed by atoms with Crippen LogP contribution in [0.4, 0.5) is 11.4 Å². The van der Waals surface area contributed by atoms with Crippen LogP contribution in [0.1, 0.15) is 5.56 Å². The number of nitrogens with zero attached hydrogens (tertiary/aromatic N) is 2. The predicted octanol–water partition coefficient (Wildman–Crippen LogP) is 2.10. The van der Waals surface area contributed by atoms with Gasteiger partial charge in [0, 0.05) is 6.20 Å². The van der Waals surface area contributed by atoms with Crippen molar-refractivity contribution >= 4 is 29.0 Å². The smallest absolute Gasteiger partial charge is 0.234 e. The molecule has 0 fully saturated rings. The van der Waals surface area contributed by atoms with Crippen molar-refractivity contribution in [1.29, 1.82) is 0 Å². The summed E-state index contributed by atoms with van der Waals surface area (Å²) in [6.07, 6.45) is 3.10. The third-order valence-electron chi connectivity index (χ3n) is 2.39. The molecule has 3 N–H and O–H groups in total. The Morgan fingerprint density at radius 1 is 1.42 bits per heavy atom. The highest BCUT2D eigenvalue weighted by atomic mass is 32.2. The number of hydrogen-bond donors (Lipinski definition) is 2. The molecular formula is C13H14N4OS. The first-order valence-electron chi connectivity index (χ1n) is 5.70. The minimum absolute atomic E-state index is 0.112. The van der Waals surface area contributed by atoms with Gasteiger partial charge in [0.1, 0.15) is 6.33 Å². The first-order valence-corrected chi connectivity index (χ1v) is 6.68. The van der Waals surface area contributed by atoms with Crippen LogP contribution in [-0.2, 0) is 4.79 Å². The van der Waals surface area contributed by atoms with Crippen molar-refractivity contribution in [2.24, 2.45) is 0 Å². The Labute approximate surface area is 115 Å². The highest BCUT2D eigenvalue weighted by molar-refractivity contribution is 7.99. The summed E-state index contributed by atoms with van der Waals surface area (Å²) in [5, 5.41) is 3.55. The van der Waals surface area contributed by atoms with Crippen LogP contribution in [0.2, 0.25) is 0 Å². The zero-order valence-electron chi connectivity index (χ0n) is 10.5. The lowest BCUT2D eigenvalue weighted by atomic mass is 10.2. The molecule has 0 spiro atoms. The Morgan fingerprint density at radius 3 is 2.95 bits per heavy atom. The van der Waals surface area contributed by atoms with Gasteiger partial charge in [-0.3, -0.25) is 4.79 Å². The zero-order chi connectivity index (χ0) is 13.7. The molecule has 0 saturated carbocycles. The van der Waals surface area contributed by atoms with Gasteiger partial charge in [-0.25, -0.2) is 9.97 Å². The Kier molecular flexibility index (Phi) is 4.35. The lowest BCUT2D eigenvalue weighted by Gasteiger charge is -2.08. The van der Waals surface area contributed by atoms with Gasteiger partial charge in [-0.2, -0.15) is 0 Å². The maximum absolute atomic E-state index is 11.8. The van der Waals surface area contributed by atoms with Crippen molar-refractivity contribution in [1.82, 2.24) is 9.97 Å². The number of anilines is 2. The number of hydrogen-bond acceptors (Lipinski definition) is 5. The first-order chi connectivity index (χ1) is 9.15. The van der Waals surface area contributed by atoms with Crippen LogP contribution in [0, 0.1) is 6.92 Å². The first kappa shape index (κ1) is 13.4. The molecule has 5 nitrogen and oxygen atoms in total. The fourth-order valence-electron chi connectivity index (χ4n) is 1.49. The van der Waals surface area contributed by atoms with Crippen molar-refractivity contribution in [3.8, 4) is 0 Å². The van der Waals surface area contributed by atoms with E-state index in [1.54, 1.807) is 18.3 Å². The molecule has 1 amide bonds. The molecule has 0 saturated heterocycles. The SMILES string of the molecule is Cc1ccc(NC(=O)CSc2ccncn2)c(N)c1. The van der Waals surface area contributed by atoms with E-state index in [0.29, 0.717) is 11.4 Å². The van der Waals surface area contributed by atoms with Crippen LogP contribution in [0.15, 0.2) is 41.8 Å². The fraction of sp³-hybridized carbons (Fsp3) is 0.154. The maximum Gasteiger partial charge on any atom is 0.234 e. The Balaban J connectivity index is 1.91. The average Bonchev–Trinajstić information content (AvgIpc) is 2.41. The molecule has 0 unspecified atom stereocenters. The van der Waals surface area contributed by atoms with E-state index in [1.807, 2.05) is 19.1 Å². The Hall–Kier alpha value is -2.08. The molecule has 0 aliphatic rings. The van der Waals surface area contributed by atoms with Gasteiger partial charge in [-0.15, -0.1) is 0 Å². The highest BCUT2D eigenvalue weighted by Crippen LogP contribution is 2.20. The second-order valence-corrected chi connectivity index (χ2v) is 4.97. The lowest BCUT2D eigenvalue weighted by Crippen LogP contribution is -2.15. The number of nitrogens with two attached hydrogens (primary N) is 1. The summed E-state index contributed by atoms with van der Waals surface area (Å²) in [5.41, 5.74) is 8.10. The number of nitrogen functional groups attached to an aromatic ring is 1. The minimum atomic E-state index is -0.112. The summed E-state index contributed by atoms with van der Waals surface area (Å²) in [6.45, 7) is 1.95. The summed E-state index contributed by atoms with van der Waals surface area (Å²) in [6, 6.07) is 7.30. The molecule has 2 rings (SSSR count). The molecule has 0 aliphatic carbocycles. The van der Waals surface area contributed by atoms with Gasteiger partial charge in [0.15, 0.2) is 0 Å². The number of benzene rings is 1. The van der Waals surface area contributed by atoms with Crippen molar-refractivity contribution in [3.63, 3.8) is 0 Å². The van der Waals surface area contributed by atoms with Crippen LogP contribution in [0.25, 0.3) is 0 Å². The molecular weight excluding hydrogens is 260 g/mol. The molecule has 0 atom stereocenters. The summed E-state index contributed by atoms with van der Waals surface area (Å²) in [7, 11) is 0. The normalized spacial score (nSPS) is 10.2. The van der Waals surface area contributed by atoms with E-state index in [0.717, 1.165) is 10.6 Å². The fourth-order valence-corrected chi connectivity index (χ4v) is 2.12. The van der Waals surface area contributed by atoms with E-state index in [-0.39, 0.29) is 11.7 Å². The van der Waals surface area contributed by atoms with E-state index >= 15 is 0 Å². The van der Waals surface area contributed by atoms with Gasteiger partial charge in [0.25, 0.3) is 0 Å². The molecule has 2 aromatic rings. The third kappa shape index (κ3) is 3.96. The number of thioether (sulfide) groups is 1. The topological polar surface area (TPSA) is 80.9 Å². The van der Waals surface area contributed by atoms with Gasteiger partial charge < -0.3 is 11.1 Å². The quantitative estimate of drug-likeness (QED) is 0.507. The van der Waals surface area contributed by atoms with Crippen LogP contribution in [0.5, 0.6) is 0 Å². The molecule has 1 aromatic heterocycles. The van der Waals surface area contributed by atoms with E-state index in [9.17, 15) is 4.79 Å². The largest absolute Gasteiger partial charge is 0.397 e. The molecule has 0 radical (unpaired) electrons. The number of aryl methyl sites for hydroxylation is 1. The van der Waals surface area contributed by atoms with Crippen LogP contribution in [-0.4, -0.2) is 21.6 Å². The van der Waals surface area contributed by atoms with Gasteiger partial charge in [-0.05, 0) is 30.7 Å². The summed E-state index contributed by atoms with van der Waals surface area (Å²) >= 11 is 1.35. The van der Waals surface area contributed by atoms with Gasteiger partial charge in [0.2, 0.25) is 5.91 Å². The van der Waals surface area contributed by atoms with Crippen LogP contribution in [0.3, 0.4) is 0 Å². The number of carbonyl (C=O) groups excluding carboxylic acids is 1. The Morgan fingerprint density at radius 2 is 2.26 bits per heavy atom. The maximum atomic E-state index is 11.8. The van der Waals surface area contributed by atoms with Gasteiger partial charge in [0.05, 0.1) is 22.2 Å². The molecule has 6 heteroatoms. The number of carbonyl (C=O) groups is 1. The monoisotopic (exact) mass is 274 g/mol. The predicted molar refractivity (Wildman–Crippen MR) is 77.0 cm³/mol. The van der Waals surface area contributed by atoms with Gasteiger partial charge >= 0.3 is 0 Å². The van der Waals surface area contributed by atoms with Crippen LogP contribution < -0.4 is 11.1 Å². The number of amides is 1. The second kappa shape index (κ2) is 6.19. The third-order valence-corrected chi connectivity index (χ3v) is 3.33. The van der Waals surface area contributed by atoms with E-state index in [1.165, 1.54) is 18.1 Å². The number of nitrogens with one attached hydrogen (secondary N) is 1. The summed E-state index contributed by atoms with van der Waals surface area (Å²) in [4.78, 5) is 19.6. The highest BCUT2D eigenvalue weighted by Gasteiger charge is 2.06. The number of aromatic nitrogens is 2. The average molecular weight is 274 g/mol. The van der Waals surface area contributed by atoms with E-state index in [4.69, 9.17) is 5.73 Å². The van der Waals surface area contributed by atoms with Gasteiger partial charge in [-0.1, -0.05) is 17.8 Å². The van der Waals surface area contributed by atoms with Crippen molar-refractivity contribution in [3.05, 3.63) is 42.4 Å². The van der Waals surface area contributed by atoms with Crippen molar-refractivity contribution in [2.75, 3.05) is 16.8 Å². The number of rotatable bonds is 4. The van der Waals surface area contributed by atoms with Crippen LogP contribution >= 0.6 is 11.8 Å². The van der Waals surface area contributed by atoms with E-state index < -0.39 is 0 Å². The van der Waals surface area contributed by atoms with Crippen molar-refractivity contribution < 1.29 is 4.79 Å². The minimum Gasteiger partial charge on any atom is -0.397 e. The van der Waals surface area contributed by atoms with E-state index in [2.05, 4.69) is 15.3 Å². The van der Waals surface area contributed by atoms with Crippen molar-refractivity contribution in [2.45, 2.75) is 11.9 Å². The second-order valence-electron chi connectivity index (χ2n) is 3.98.